The molecule has 0 saturated heterocycles. The first-order chi connectivity index (χ1) is 28.8. The predicted octanol–water partition coefficient (Wildman–Crippen LogP) is 15.0. The summed E-state index contributed by atoms with van der Waals surface area (Å²) in [6.45, 7) is 0. The largest absolute Gasteiger partial charge is 0.456 e. The van der Waals surface area contributed by atoms with Crippen molar-refractivity contribution >= 4 is 98.9 Å². The second-order valence-electron chi connectivity index (χ2n) is 15.3. The van der Waals surface area contributed by atoms with Gasteiger partial charge in [-0.1, -0.05) is 115 Å². The van der Waals surface area contributed by atoms with Gasteiger partial charge in [-0.15, -0.1) is 0 Å². The molecule has 0 N–H and O–H groups in total. The minimum Gasteiger partial charge on any atom is -0.456 e. The molecule has 0 saturated carbocycles. The second-order valence-corrected chi connectivity index (χ2v) is 15.3. The Hall–Kier alpha value is -7.82. The Labute approximate surface area is 333 Å². The van der Waals surface area contributed by atoms with E-state index >= 15 is 0 Å². The van der Waals surface area contributed by atoms with Crippen molar-refractivity contribution in [1.29, 1.82) is 0 Å². The third-order valence-corrected chi connectivity index (χ3v) is 12.2. The Kier molecular flexibility index (Phi) is 6.41. The number of nitrogens with zero attached hydrogens (tertiary/aromatic N) is 3. The molecule has 0 radical (unpaired) electrons. The van der Waals surface area contributed by atoms with E-state index in [2.05, 4.69) is 202 Å². The third kappa shape index (κ3) is 4.40. The number of benzene rings is 9. The van der Waals surface area contributed by atoms with Crippen molar-refractivity contribution in [2.75, 3.05) is 4.90 Å². The van der Waals surface area contributed by atoms with E-state index in [9.17, 15) is 0 Å². The van der Waals surface area contributed by atoms with E-state index in [1.54, 1.807) is 0 Å². The molecular weight excluding hydrogens is 707 g/mol. The summed E-state index contributed by atoms with van der Waals surface area (Å²) >= 11 is 0. The average Bonchev–Trinajstić information content (AvgIpc) is 4.02. The number of hydrogen-bond acceptors (Lipinski definition) is 2. The van der Waals surface area contributed by atoms with Gasteiger partial charge in [0, 0.05) is 71.9 Å². The van der Waals surface area contributed by atoms with Crippen LogP contribution in [0.3, 0.4) is 0 Å². The van der Waals surface area contributed by atoms with Crippen LogP contribution in [0.25, 0.3) is 98.7 Å². The Balaban J connectivity index is 0.984. The summed E-state index contributed by atoms with van der Waals surface area (Å²) in [5.41, 5.74) is 14.6. The zero-order valence-electron chi connectivity index (χ0n) is 31.3. The highest BCUT2D eigenvalue weighted by Gasteiger charge is 2.21. The summed E-state index contributed by atoms with van der Waals surface area (Å²) in [5, 5.41) is 9.83. The maximum Gasteiger partial charge on any atom is 0.137 e. The van der Waals surface area contributed by atoms with Crippen LogP contribution in [0.5, 0.6) is 0 Å². The molecule has 270 valence electrons. The van der Waals surface area contributed by atoms with Crippen LogP contribution in [0.4, 0.5) is 17.1 Å². The van der Waals surface area contributed by atoms with Crippen molar-refractivity contribution in [3.63, 3.8) is 0 Å². The van der Waals surface area contributed by atoms with E-state index in [1.807, 2.05) is 12.1 Å². The number of fused-ring (bicyclic) bond motifs is 12. The molecule has 0 bridgehead atoms. The predicted molar refractivity (Wildman–Crippen MR) is 243 cm³/mol. The van der Waals surface area contributed by atoms with E-state index in [1.165, 1.54) is 71.0 Å². The molecular formula is C54H33N3O. The molecule has 4 nitrogen and oxygen atoms in total. The Morgan fingerprint density at radius 3 is 1.71 bits per heavy atom. The molecule has 9 aromatic carbocycles. The van der Waals surface area contributed by atoms with E-state index < -0.39 is 0 Å². The first-order valence-corrected chi connectivity index (χ1v) is 19.8. The summed E-state index contributed by atoms with van der Waals surface area (Å²) in [5.74, 6) is 0. The molecule has 0 spiro atoms. The normalized spacial score (nSPS) is 12.1. The monoisotopic (exact) mass is 739 g/mol. The summed E-state index contributed by atoms with van der Waals surface area (Å²) in [7, 11) is 0. The van der Waals surface area contributed by atoms with E-state index in [0.29, 0.717) is 0 Å². The minimum atomic E-state index is 0.870. The quantitative estimate of drug-likeness (QED) is 0.176. The molecule has 0 aliphatic carbocycles. The highest BCUT2D eigenvalue weighted by atomic mass is 16.3. The number of rotatable bonds is 5. The van der Waals surface area contributed by atoms with Crippen molar-refractivity contribution in [2.45, 2.75) is 0 Å². The molecule has 0 amide bonds. The molecule has 4 heteroatoms. The lowest BCUT2D eigenvalue weighted by Crippen LogP contribution is -2.09. The van der Waals surface area contributed by atoms with Gasteiger partial charge >= 0.3 is 0 Å². The van der Waals surface area contributed by atoms with Crippen molar-refractivity contribution in [2.24, 2.45) is 0 Å². The number of hydrogen-bond donors (Lipinski definition) is 0. The van der Waals surface area contributed by atoms with Gasteiger partial charge in [-0.3, -0.25) is 0 Å². The highest BCUT2D eigenvalue weighted by molar-refractivity contribution is 6.23. The molecule has 13 aromatic rings. The summed E-state index contributed by atoms with van der Waals surface area (Å²) < 4.78 is 11.3. The SMILES string of the molecule is c1ccc(-n2c3ccccc3c3cc(-c4ccc(N(c5ccc6c(c5)oc5ccccc56)c5ccc6c7cccc8c9ccccc9n(c6c5)c87)cc4)ccc32)cc1. The summed E-state index contributed by atoms with van der Waals surface area (Å²) in [4.78, 5) is 2.36. The van der Waals surface area contributed by atoms with Crippen LogP contribution in [-0.2, 0) is 0 Å². The Morgan fingerprint density at radius 1 is 0.328 bits per heavy atom. The van der Waals surface area contributed by atoms with Crippen LogP contribution in [-0.4, -0.2) is 8.97 Å². The number of furan rings is 1. The average molecular weight is 740 g/mol. The van der Waals surface area contributed by atoms with Crippen LogP contribution in [0.15, 0.2) is 205 Å². The summed E-state index contributed by atoms with van der Waals surface area (Å²) in [6, 6.07) is 72.5. The van der Waals surface area contributed by atoms with Crippen LogP contribution in [0.1, 0.15) is 0 Å². The molecule has 58 heavy (non-hydrogen) atoms. The van der Waals surface area contributed by atoms with Crippen LogP contribution >= 0.6 is 0 Å². The summed E-state index contributed by atoms with van der Waals surface area (Å²) in [6.07, 6.45) is 0. The fraction of sp³-hybridized carbons (Fsp3) is 0. The third-order valence-electron chi connectivity index (χ3n) is 12.2. The molecule has 4 aromatic heterocycles. The second kappa shape index (κ2) is 11.8. The lowest BCUT2D eigenvalue weighted by atomic mass is 10.0. The first kappa shape index (κ1) is 31.4. The zero-order valence-corrected chi connectivity index (χ0v) is 31.3. The topological polar surface area (TPSA) is 25.7 Å². The van der Waals surface area contributed by atoms with Gasteiger partial charge in [-0.05, 0) is 90.0 Å². The molecule has 4 heterocycles. The fourth-order valence-electron chi connectivity index (χ4n) is 9.67. The molecule has 0 atom stereocenters. The zero-order chi connectivity index (χ0) is 37.9. The lowest BCUT2D eigenvalue weighted by molar-refractivity contribution is 0.669. The van der Waals surface area contributed by atoms with Gasteiger partial charge in [-0.2, -0.15) is 0 Å². The van der Waals surface area contributed by atoms with Gasteiger partial charge in [-0.25, -0.2) is 0 Å². The van der Waals surface area contributed by atoms with Crippen molar-refractivity contribution in [3.8, 4) is 16.8 Å². The van der Waals surface area contributed by atoms with Crippen LogP contribution in [0, 0.1) is 0 Å². The number of aromatic nitrogens is 2. The standard InChI is InChI=1S/C54H33N3O/c1-2-11-36(12-3-1)56-48-18-7-5-14-41(48)47-31-35(23-30-50(47)56)34-21-24-37(25-22-34)55(39-27-29-44-43-15-6-9-20-52(43)58-53(44)33-39)38-26-28-42-46-17-10-16-45-40-13-4-8-19-49(40)57(54(45)46)51(42)32-38/h1-33H. The fourth-order valence-corrected chi connectivity index (χ4v) is 9.67. The Bertz CT molecular complexity index is 3740. The minimum absolute atomic E-state index is 0.870. The molecule has 13 rings (SSSR count). The maximum atomic E-state index is 6.45. The molecule has 0 unspecified atom stereocenters. The molecule has 0 aliphatic rings. The first-order valence-electron chi connectivity index (χ1n) is 19.8. The van der Waals surface area contributed by atoms with Crippen molar-refractivity contribution < 1.29 is 4.42 Å². The van der Waals surface area contributed by atoms with Gasteiger partial charge in [0.2, 0.25) is 0 Å². The van der Waals surface area contributed by atoms with E-state index in [0.717, 1.165) is 44.7 Å². The number of para-hydroxylation sites is 5. The van der Waals surface area contributed by atoms with Gasteiger partial charge in [0.1, 0.15) is 11.2 Å². The number of anilines is 3. The van der Waals surface area contributed by atoms with Crippen LogP contribution < -0.4 is 4.90 Å². The molecule has 0 fully saturated rings. The van der Waals surface area contributed by atoms with E-state index in [-0.39, 0.29) is 0 Å². The van der Waals surface area contributed by atoms with Crippen LogP contribution in [0.2, 0.25) is 0 Å². The van der Waals surface area contributed by atoms with Crippen molar-refractivity contribution in [1.82, 2.24) is 8.97 Å². The van der Waals surface area contributed by atoms with Gasteiger partial charge in [0.05, 0.1) is 27.6 Å². The van der Waals surface area contributed by atoms with Crippen molar-refractivity contribution in [3.05, 3.63) is 200 Å². The molecule has 0 aliphatic heterocycles. The van der Waals surface area contributed by atoms with E-state index in [4.69, 9.17) is 4.42 Å². The Morgan fingerprint density at radius 2 is 0.897 bits per heavy atom. The lowest BCUT2D eigenvalue weighted by Gasteiger charge is -2.26. The highest BCUT2D eigenvalue weighted by Crippen LogP contribution is 2.44. The van der Waals surface area contributed by atoms with Gasteiger partial charge < -0.3 is 18.3 Å². The maximum absolute atomic E-state index is 6.45. The van der Waals surface area contributed by atoms with Gasteiger partial charge in [0.15, 0.2) is 0 Å². The smallest absolute Gasteiger partial charge is 0.137 e. The van der Waals surface area contributed by atoms with Gasteiger partial charge in [0.25, 0.3) is 0 Å².